The molecule has 1 amide bonds. The number of carbonyl (C=O) groups excluding carboxylic acids is 1. The Balaban J connectivity index is 1.71. The van der Waals surface area contributed by atoms with E-state index in [4.69, 9.17) is 18.9 Å². The molecule has 7 heteroatoms. The highest BCUT2D eigenvalue weighted by atomic mass is 16.5. The molecule has 7 nitrogen and oxygen atoms in total. The maximum atomic E-state index is 12.7. The minimum Gasteiger partial charge on any atom is -0.493 e. The van der Waals surface area contributed by atoms with Crippen molar-refractivity contribution in [1.82, 2.24) is 0 Å². The van der Waals surface area contributed by atoms with Crippen LogP contribution < -0.4 is 24.3 Å². The van der Waals surface area contributed by atoms with Crippen molar-refractivity contribution in [2.24, 2.45) is 0 Å². The normalized spacial score (nSPS) is 10.7. The predicted octanol–water partition coefficient (Wildman–Crippen LogP) is 4.84. The molecule has 0 aliphatic heterocycles. The van der Waals surface area contributed by atoms with Gasteiger partial charge < -0.3 is 24.3 Å². The molecular formula is C26H24N2O5. The third-order valence-electron chi connectivity index (χ3n) is 4.72. The van der Waals surface area contributed by atoms with Crippen molar-refractivity contribution < 1.29 is 23.7 Å². The Morgan fingerprint density at radius 3 is 2.12 bits per heavy atom. The summed E-state index contributed by atoms with van der Waals surface area (Å²) in [5.74, 6) is 1.41. The molecule has 0 atom stereocenters. The number of hydrogen-bond donors (Lipinski definition) is 1. The third kappa shape index (κ3) is 6.05. The molecule has 0 aliphatic carbocycles. The van der Waals surface area contributed by atoms with Crippen LogP contribution in [0.1, 0.15) is 11.1 Å². The first-order valence-electron chi connectivity index (χ1n) is 10.1. The van der Waals surface area contributed by atoms with Gasteiger partial charge >= 0.3 is 0 Å². The highest BCUT2D eigenvalue weighted by Gasteiger charge is 2.15. The average molecular weight is 444 g/mol. The molecule has 3 aromatic carbocycles. The second kappa shape index (κ2) is 11.3. The second-order valence-corrected chi connectivity index (χ2v) is 6.88. The summed E-state index contributed by atoms with van der Waals surface area (Å²) in [5, 5.41) is 12.2. The van der Waals surface area contributed by atoms with E-state index in [1.54, 1.807) is 36.4 Å². The van der Waals surface area contributed by atoms with Gasteiger partial charge in [0.15, 0.2) is 11.5 Å². The fraction of sp³-hybridized carbons (Fsp3) is 0.154. The minimum absolute atomic E-state index is 0.0753. The number of nitrogens with zero attached hydrogens (tertiary/aromatic N) is 1. The Bertz CT molecular complexity index is 1140. The summed E-state index contributed by atoms with van der Waals surface area (Å²) < 4.78 is 21.7. The first-order chi connectivity index (χ1) is 16.1. The van der Waals surface area contributed by atoms with Gasteiger partial charge in [-0.05, 0) is 53.6 Å². The lowest BCUT2D eigenvalue weighted by atomic mass is 10.1. The van der Waals surface area contributed by atoms with Crippen molar-refractivity contribution in [3.63, 3.8) is 0 Å². The molecule has 33 heavy (non-hydrogen) atoms. The molecule has 0 saturated heterocycles. The molecule has 0 aromatic heterocycles. The number of anilines is 1. The van der Waals surface area contributed by atoms with Crippen LogP contribution in [0.25, 0.3) is 6.08 Å². The molecule has 168 valence electrons. The number of ether oxygens (including phenoxy) is 4. The highest BCUT2D eigenvalue weighted by Crippen LogP contribution is 2.38. The quantitative estimate of drug-likeness (QED) is 0.375. The molecule has 3 rings (SSSR count). The number of nitriles is 1. The van der Waals surface area contributed by atoms with E-state index >= 15 is 0 Å². The van der Waals surface area contributed by atoms with Gasteiger partial charge in [-0.25, -0.2) is 0 Å². The van der Waals surface area contributed by atoms with Gasteiger partial charge in [-0.1, -0.05) is 30.3 Å². The zero-order valence-corrected chi connectivity index (χ0v) is 18.6. The Hall–Kier alpha value is -4.44. The first-order valence-corrected chi connectivity index (χ1v) is 10.1. The number of hydrogen-bond acceptors (Lipinski definition) is 6. The van der Waals surface area contributed by atoms with Crippen molar-refractivity contribution in [2.75, 3.05) is 26.6 Å². The number of rotatable bonds is 9. The SMILES string of the molecule is COc1cc(/C=C(\C#N)C(=O)Nc2ccc(OCc3ccccc3)cc2)cc(OC)c1OC. The highest BCUT2D eigenvalue weighted by molar-refractivity contribution is 6.09. The molecule has 3 aromatic rings. The Labute approximate surface area is 192 Å². The summed E-state index contributed by atoms with van der Waals surface area (Å²) in [6.07, 6.45) is 1.46. The van der Waals surface area contributed by atoms with E-state index in [1.807, 2.05) is 36.4 Å². The number of methoxy groups -OCH3 is 3. The van der Waals surface area contributed by atoms with E-state index in [0.717, 1.165) is 5.56 Å². The molecule has 0 fully saturated rings. The average Bonchev–Trinajstić information content (AvgIpc) is 2.86. The van der Waals surface area contributed by atoms with Crippen molar-refractivity contribution in [1.29, 1.82) is 5.26 Å². The lowest BCUT2D eigenvalue weighted by Crippen LogP contribution is -2.13. The van der Waals surface area contributed by atoms with Gasteiger partial charge in [0.05, 0.1) is 21.3 Å². The second-order valence-electron chi connectivity index (χ2n) is 6.88. The van der Waals surface area contributed by atoms with E-state index in [0.29, 0.717) is 40.9 Å². The smallest absolute Gasteiger partial charge is 0.266 e. The lowest BCUT2D eigenvalue weighted by Gasteiger charge is -2.13. The van der Waals surface area contributed by atoms with Crippen LogP contribution in [0.15, 0.2) is 72.3 Å². The molecule has 1 N–H and O–H groups in total. The molecule has 0 bridgehead atoms. The van der Waals surface area contributed by atoms with Gasteiger partial charge in [0.1, 0.15) is 24.0 Å². The molecule has 0 heterocycles. The summed E-state index contributed by atoms with van der Waals surface area (Å²) in [6.45, 7) is 0.447. The fourth-order valence-corrected chi connectivity index (χ4v) is 3.07. The summed E-state index contributed by atoms with van der Waals surface area (Å²) in [6, 6.07) is 22.0. The molecular weight excluding hydrogens is 420 g/mol. The van der Waals surface area contributed by atoms with Gasteiger partial charge in [0.2, 0.25) is 5.75 Å². The van der Waals surface area contributed by atoms with Crippen molar-refractivity contribution >= 4 is 17.7 Å². The molecule has 0 spiro atoms. The van der Waals surface area contributed by atoms with Crippen LogP contribution in [0.5, 0.6) is 23.0 Å². The Morgan fingerprint density at radius 1 is 0.939 bits per heavy atom. The third-order valence-corrected chi connectivity index (χ3v) is 4.72. The lowest BCUT2D eigenvalue weighted by molar-refractivity contribution is -0.112. The standard InChI is InChI=1S/C26H24N2O5/c1-30-23-14-19(15-24(31-2)25(23)32-3)13-20(16-27)26(29)28-21-9-11-22(12-10-21)33-17-18-7-5-4-6-8-18/h4-15H,17H2,1-3H3,(H,28,29)/b20-13+. The van der Waals surface area contributed by atoms with E-state index in [1.165, 1.54) is 27.4 Å². The van der Waals surface area contributed by atoms with Gasteiger partial charge in [0, 0.05) is 5.69 Å². The summed E-state index contributed by atoms with van der Waals surface area (Å²) >= 11 is 0. The minimum atomic E-state index is -0.538. The van der Waals surface area contributed by atoms with E-state index in [-0.39, 0.29) is 5.57 Å². The number of carbonyl (C=O) groups is 1. The monoisotopic (exact) mass is 444 g/mol. The van der Waals surface area contributed by atoms with Crippen LogP contribution in [0, 0.1) is 11.3 Å². The zero-order chi connectivity index (χ0) is 23.6. The van der Waals surface area contributed by atoms with Gasteiger partial charge in [-0.2, -0.15) is 5.26 Å². The van der Waals surface area contributed by atoms with Gasteiger partial charge in [-0.3, -0.25) is 4.79 Å². The van der Waals surface area contributed by atoms with Crippen LogP contribution in [-0.2, 0) is 11.4 Å². The zero-order valence-electron chi connectivity index (χ0n) is 18.6. The van der Waals surface area contributed by atoms with Crippen LogP contribution in [0.2, 0.25) is 0 Å². The van der Waals surface area contributed by atoms with Gasteiger partial charge in [0.25, 0.3) is 5.91 Å². The molecule has 0 saturated carbocycles. The Kier molecular flexibility index (Phi) is 7.92. The van der Waals surface area contributed by atoms with Gasteiger partial charge in [-0.15, -0.1) is 0 Å². The van der Waals surface area contributed by atoms with Crippen LogP contribution in [-0.4, -0.2) is 27.2 Å². The van der Waals surface area contributed by atoms with Crippen molar-refractivity contribution in [2.45, 2.75) is 6.61 Å². The predicted molar refractivity (Wildman–Crippen MR) is 126 cm³/mol. The summed E-state index contributed by atoms with van der Waals surface area (Å²) in [7, 11) is 4.49. The maximum Gasteiger partial charge on any atom is 0.266 e. The Morgan fingerprint density at radius 2 is 1.58 bits per heavy atom. The summed E-state index contributed by atoms with van der Waals surface area (Å²) in [4.78, 5) is 12.7. The molecule has 0 unspecified atom stereocenters. The van der Waals surface area contributed by atoms with E-state index in [2.05, 4.69) is 5.32 Å². The maximum absolute atomic E-state index is 12.7. The van der Waals surface area contributed by atoms with Crippen LogP contribution in [0.4, 0.5) is 5.69 Å². The number of nitrogens with one attached hydrogen (secondary N) is 1. The van der Waals surface area contributed by atoms with E-state index in [9.17, 15) is 10.1 Å². The number of benzene rings is 3. The number of amides is 1. The fourth-order valence-electron chi connectivity index (χ4n) is 3.07. The molecule has 0 aliphatic rings. The molecule has 0 radical (unpaired) electrons. The largest absolute Gasteiger partial charge is 0.493 e. The first kappa shape index (κ1) is 23.2. The van der Waals surface area contributed by atoms with Crippen molar-refractivity contribution in [3.8, 4) is 29.1 Å². The van der Waals surface area contributed by atoms with E-state index < -0.39 is 5.91 Å². The topological polar surface area (TPSA) is 89.8 Å². The summed E-state index contributed by atoms with van der Waals surface area (Å²) in [5.41, 5.74) is 2.08. The van der Waals surface area contributed by atoms with Crippen molar-refractivity contribution in [3.05, 3.63) is 83.4 Å². The van der Waals surface area contributed by atoms with Crippen LogP contribution >= 0.6 is 0 Å². The van der Waals surface area contributed by atoms with Crippen LogP contribution in [0.3, 0.4) is 0 Å².